The molecule has 2 aromatic heterocycles. The van der Waals surface area contributed by atoms with Crippen molar-refractivity contribution in [2.45, 2.75) is 13.8 Å². The molecule has 0 bridgehead atoms. The molecule has 0 aliphatic rings. The van der Waals surface area contributed by atoms with Crippen LogP contribution in [0.15, 0.2) is 66.7 Å². The summed E-state index contributed by atoms with van der Waals surface area (Å²) in [6.07, 6.45) is 0. The Hall–Kier alpha value is -3.71. The lowest BCUT2D eigenvalue weighted by Crippen LogP contribution is -2.03. The smallest absolute Gasteiger partial charge is 0.234 e. The first kappa shape index (κ1) is 17.7. The summed E-state index contributed by atoms with van der Waals surface area (Å²) in [6, 6.07) is 24.3. The Balaban J connectivity index is 2.08. The minimum atomic E-state index is 0.326. The van der Waals surface area contributed by atoms with Crippen LogP contribution in [0.2, 0.25) is 0 Å². The predicted octanol–water partition coefficient (Wildman–Crippen LogP) is 5.54. The molecule has 0 aliphatic carbocycles. The van der Waals surface area contributed by atoms with Crippen molar-refractivity contribution < 1.29 is 4.74 Å². The molecule has 0 fully saturated rings. The van der Waals surface area contributed by atoms with Crippen molar-refractivity contribution >= 4 is 11.0 Å². The molecule has 0 N–H and O–H groups in total. The highest BCUT2D eigenvalue weighted by Crippen LogP contribution is 2.37. The third kappa shape index (κ3) is 3.08. The number of hydrogen-bond acceptors (Lipinski definition) is 4. The summed E-state index contributed by atoms with van der Waals surface area (Å²) in [7, 11) is 0. The molecule has 4 rings (SSSR count). The second-order valence-electron chi connectivity index (χ2n) is 6.47. The van der Waals surface area contributed by atoms with Crippen LogP contribution in [0.3, 0.4) is 0 Å². The fourth-order valence-corrected chi connectivity index (χ4v) is 3.40. The molecule has 0 aliphatic heterocycles. The molecule has 0 unspecified atom stereocenters. The average Bonchev–Trinajstić information content (AvgIpc) is 2.74. The Kier molecular flexibility index (Phi) is 4.74. The molecule has 0 saturated carbocycles. The Morgan fingerprint density at radius 2 is 1.57 bits per heavy atom. The number of nitriles is 1. The van der Waals surface area contributed by atoms with E-state index in [1.54, 1.807) is 0 Å². The van der Waals surface area contributed by atoms with Crippen LogP contribution in [0.5, 0.6) is 5.88 Å². The summed E-state index contributed by atoms with van der Waals surface area (Å²) >= 11 is 0. The lowest BCUT2D eigenvalue weighted by molar-refractivity contribution is 0.327. The van der Waals surface area contributed by atoms with E-state index in [-0.39, 0.29) is 0 Å². The van der Waals surface area contributed by atoms with E-state index in [2.05, 4.69) is 17.1 Å². The number of rotatable bonds is 4. The van der Waals surface area contributed by atoms with Crippen molar-refractivity contribution in [2.75, 3.05) is 6.61 Å². The molecular formula is C24H19N3O. The number of benzene rings is 2. The fourth-order valence-electron chi connectivity index (χ4n) is 3.40. The quantitative estimate of drug-likeness (QED) is 0.476. The number of aryl methyl sites for hydroxylation is 1. The largest absolute Gasteiger partial charge is 0.477 e. The molecular weight excluding hydrogens is 346 g/mol. The highest BCUT2D eigenvalue weighted by atomic mass is 16.5. The molecule has 0 amide bonds. The van der Waals surface area contributed by atoms with E-state index in [1.807, 2.05) is 74.5 Å². The van der Waals surface area contributed by atoms with Crippen molar-refractivity contribution in [3.63, 3.8) is 0 Å². The van der Waals surface area contributed by atoms with Crippen molar-refractivity contribution in [3.05, 3.63) is 77.9 Å². The van der Waals surface area contributed by atoms with Gasteiger partial charge in [0.25, 0.3) is 0 Å². The molecule has 28 heavy (non-hydrogen) atoms. The van der Waals surface area contributed by atoms with Gasteiger partial charge in [0.15, 0.2) is 5.65 Å². The molecule has 0 spiro atoms. The van der Waals surface area contributed by atoms with Crippen LogP contribution in [0.4, 0.5) is 0 Å². The maximum absolute atomic E-state index is 9.86. The van der Waals surface area contributed by atoms with Gasteiger partial charge in [0, 0.05) is 16.5 Å². The molecule has 0 radical (unpaired) electrons. The molecule has 4 heteroatoms. The Morgan fingerprint density at radius 3 is 2.18 bits per heavy atom. The van der Waals surface area contributed by atoms with Gasteiger partial charge in [-0.15, -0.1) is 0 Å². The summed E-state index contributed by atoms with van der Waals surface area (Å²) in [5.74, 6) is 0.326. The Labute approximate surface area is 164 Å². The molecule has 4 aromatic rings. The predicted molar refractivity (Wildman–Crippen MR) is 111 cm³/mol. The minimum Gasteiger partial charge on any atom is -0.477 e. The zero-order valence-corrected chi connectivity index (χ0v) is 15.8. The van der Waals surface area contributed by atoms with E-state index >= 15 is 0 Å². The average molecular weight is 365 g/mol. The summed E-state index contributed by atoms with van der Waals surface area (Å²) in [6.45, 7) is 4.35. The molecule has 4 nitrogen and oxygen atoms in total. The van der Waals surface area contributed by atoms with Crippen molar-refractivity contribution in [2.24, 2.45) is 0 Å². The van der Waals surface area contributed by atoms with E-state index < -0.39 is 0 Å². The molecule has 2 heterocycles. The molecule has 136 valence electrons. The van der Waals surface area contributed by atoms with Gasteiger partial charge in [0.1, 0.15) is 11.6 Å². The van der Waals surface area contributed by atoms with Crippen LogP contribution >= 0.6 is 0 Å². The summed E-state index contributed by atoms with van der Waals surface area (Å²) in [5, 5.41) is 10.7. The number of pyridine rings is 2. The number of fused-ring (bicyclic) bond motifs is 1. The van der Waals surface area contributed by atoms with Crippen molar-refractivity contribution in [1.82, 2.24) is 9.97 Å². The summed E-state index contributed by atoms with van der Waals surface area (Å²) in [5.41, 5.74) is 5.72. The monoisotopic (exact) mass is 365 g/mol. The maximum atomic E-state index is 9.86. The second-order valence-corrected chi connectivity index (χ2v) is 6.47. The first-order chi connectivity index (χ1) is 13.7. The number of hydrogen-bond donors (Lipinski definition) is 0. The first-order valence-corrected chi connectivity index (χ1v) is 9.22. The zero-order chi connectivity index (χ0) is 19.5. The number of nitrogens with zero attached hydrogens (tertiary/aromatic N) is 3. The highest BCUT2D eigenvalue weighted by molar-refractivity contribution is 5.98. The second kappa shape index (κ2) is 7.50. The van der Waals surface area contributed by atoms with E-state index in [0.717, 1.165) is 33.3 Å². The van der Waals surface area contributed by atoms with Crippen LogP contribution in [0.1, 0.15) is 18.1 Å². The van der Waals surface area contributed by atoms with Gasteiger partial charge in [-0.25, -0.2) is 4.98 Å². The third-order valence-corrected chi connectivity index (χ3v) is 4.64. The normalized spacial score (nSPS) is 10.6. The summed E-state index contributed by atoms with van der Waals surface area (Å²) < 4.78 is 5.70. The van der Waals surface area contributed by atoms with E-state index in [0.29, 0.717) is 23.7 Å². The highest BCUT2D eigenvalue weighted by Gasteiger charge is 2.20. The Morgan fingerprint density at radius 1 is 0.929 bits per heavy atom. The summed E-state index contributed by atoms with van der Waals surface area (Å²) in [4.78, 5) is 9.44. The van der Waals surface area contributed by atoms with Gasteiger partial charge in [0.2, 0.25) is 5.88 Å². The van der Waals surface area contributed by atoms with E-state index in [4.69, 9.17) is 9.72 Å². The maximum Gasteiger partial charge on any atom is 0.234 e. The van der Waals surface area contributed by atoms with Gasteiger partial charge in [-0.1, -0.05) is 60.7 Å². The van der Waals surface area contributed by atoms with Crippen LogP contribution < -0.4 is 4.74 Å². The topological polar surface area (TPSA) is 58.8 Å². The van der Waals surface area contributed by atoms with Crippen LogP contribution in [0.25, 0.3) is 33.4 Å². The fraction of sp³-hybridized carbons (Fsp3) is 0.125. The molecule has 0 atom stereocenters. The van der Waals surface area contributed by atoms with Crippen molar-refractivity contribution in [1.29, 1.82) is 5.26 Å². The lowest BCUT2D eigenvalue weighted by atomic mass is 9.96. The number of ether oxygens (including phenoxy) is 1. The van der Waals surface area contributed by atoms with Crippen molar-refractivity contribution in [3.8, 4) is 34.3 Å². The van der Waals surface area contributed by atoms with Gasteiger partial charge >= 0.3 is 0 Å². The van der Waals surface area contributed by atoms with Gasteiger partial charge in [0.05, 0.1) is 12.3 Å². The van der Waals surface area contributed by atoms with Gasteiger partial charge < -0.3 is 4.74 Å². The van der Waals surface area contributed by atoms with Gasteiger partial charge in [-0.05, 0) is 31.0 Å². The SMILES string of the molecule is CCOc1nc2nc(-c3ccccc3)c(C)cc2c(-c2ccccc2)c1C#N. The zero-order valence-electron chi connectivity index (χ0n) is 15.8. The van der Waals surface area contributed by atoms with E-state index in [9.17, 15) is 5.26 Å². The minimum absolute atomic E-state index is 0.326. The standard InChI is InChI=1S/C24H19N3O/c1-3-28-24-20(15-25)21(17-10-6-4-7-11-17)19-14-16(2)22(26-23(19)27-24)18-12-8-5-9-13-18/h4-14H,3H2,1-2H3. The van der Waals surface area contributed by atoms with Crippen LogP contribution in [-0.4, -0.2) is 16.6 Å². The third-order valence-electron chi connectivity index (χ3n) is 4.64. The van der Waals surface area contributed by atoms with Crippen LogP contribution in [-0.2, 0) is 0 Å². The van der Waals surface area contributed by atoms with E-state index in [1.165, 1.54) is 0 Å². The van der Waals surface area contributed by atoms with Gasteiger partial charge in [-0.3, -0.25) is 0 Å². The Bertz CT molecular complexity index is 1180. The molecule has 0 saturated heterocycles. The molecule has 2 aromatic carbocycles. The number of aromatic nitrogens is 2. The lowest BCUT2D eigenvalue weighted by Gasteiger charge is -2.15. The first-order valence-electron chi connectivity index (χ1n) is 9.22. The van der Waals surface area contributed by atoms with Crippen LogP contribution in [0, 0.1) is 18.3 Å². The van der Waals surface area contributed by atoms with Gasteiger partial charge in [-0.2, -0.15) is 10.2 Å².